The van der Waals surface area contributed by atoms with E-state index in [0.29, 0.717) is 0 Å². The second kappa shape index (κ2) is 10.6. The summed E-state index contributed by atoms with van der Waals surface area (Å²) in [7, 11) is -10.9. The van der Waals surface area contributed by atoms with E-state index in [2.05, 4.69) is 28.3 Å². The predicted molar refractivity (Wildman–Crippen MR) is 119 cm³/mol. The molecule has 2 aromatic heterocycles. The third kappa shape index (κ3) is 5.83. The molecule has 10 N–H and O–H groups in total. The molecule has 2 aliphatic heterocycles. The molecule has 0 bridgehead atoms. The molecule has 2 saturated heterocycles. The highest BCUT2D eigenvalue weighted by molar-refractivity contribution is 7.61. The van der Waals surface area contributed by atoms with Crippen molar-refractivity contribution < 1.29 is 67.3 Å². The molecule has 2 aromatic rings. The first-order valence-electron chi connectivity index (χ1n) is 10.7. The Morgan fingerprint density at radius 3 is 2.42 bits per heavy atom. The van der Waals surface area contributed by atoms with Gasteiger partial charge in [0, 0.05) is 0 Å². The lowest BCUT2D eigenvalue weighted by Gasteiger charge is -2.38. The first-order chi connectivity index (χ1) is 17.6. The van der Waals surface area contributed by atoms with Crippen LogP contribution >= 0.6 is 15.6 Å². The number of aromatic amines is 1. The van der Waals surface area contributed by atoms with E-state index in [0.717, 1.165) is 10.9 Å². The van der Waals surface area contributed by atoms with Crippen molar-refractivity contribution in [1.29, 1.82) is 0 Å². The monoisotopic (exact) mass is 589 g/mol. The number of rotatable bonds is 8. The number of anilines is 1. The van der Waals surface area contributed by atoms with E-state index in [9.17, 15) is 49.2 Å². The summed E-state index contributed by atoms with van der Waals surface area (Å²) in [6, 6.07) is 0. The minimum absolute atomic E-state index is 0.0994. The lowest BCUT2D eigenvalue weighted by molar-refractivity contribution is -0.271. The number of hydrogen-bond donors (Lipinski definition) is 9. The SMILES string of the molecule is C[C@@H]1O[C@H](OP(=O)(O)OP(=O)(O)OC[C@H]2O[C@@H](n3cnc4c(=O)[nH]c(N)nc43)C(O)[C@H]2O)[C@@H](O)[C@H](O)[C@@H]1O. The van der Waals surface area contributed by atoms with E-state index in [4.69, 9.17) is 15.2 Å². The van der Waals surface area contributed by atoms with Gasteiger partial charge in [-0.15, -0.1) is 0 Å². The van der Waals surface area contributed by atoms with Crippen LogP contribution in [-0.2, 0) is 32.0 Å². The maximum Gasteiger partial charge on any atom is 0.483 e. The number of phosphoric acid groups is 2. The van der Waals surface area contributed by atoms with E-state index in [1.54, 1.807) is 0 Å². The molecular weight excluding hydrogens is 564 g/mol. The minimum Gasteiger partial charge on any atom is -0.388 e. The second-order valence-electron chi connectivity index (χ2n) is 8.42. The van der Waals surface area contributed by atoms with Gasteiger partial charge in [0.2, 0.25) is 5.95 Å². The number of imidazole rings is 1. The highest BCUT2D eigenvalue weighted by Crippen LogP contribution is 2.61. The average molecular weight is 589 g/mol. The van der Waals surface area contributed by atoms with Crippen LogP contribution in [0.2, 0.25) is 0 Å². The summed E-state index contributed by atoms with van der Waals surface area (Å²) >= 11 is 0. The number of phosphoric ester groups is 2. The van der Waals surface area contributed by atoms with Crippen LogP contribution in [0.4, 0.5) is 5.95 Å². The van der Waals surface area contributed by atoms with E-state index < -0.39 is 83.1 Å². The Balaban J connectivity index is 1.39. The molecule has 4 rings (SSSR count). The number of fused-ring (bicyclic) bond motifs is 1. The summed E-state index contributed by atoms with van der Waals surface area (Å²) in [4.78, 5) is 41.7. The van der Waals surface area contributed by atoms with Crippen LogP contribution in [0.15, 0.2) is 11.1 Å². The molecule has 20 nitrogen and oxygen atoms in total. The number of aliphatic hydroxyl groups excluding tert-OH is 5. The van der Waals surface area contributed by atoms with Gasteiger partial charge in [-0.25, -0.2) is 14.1 Å². The van der Waals surface area contributed by atoms with E-state index >= 15 is 0 Å². The number of hydrogen-bond acceptors (Lipinski definition) is 16. The second-order valence-corrected chi connectivity index (χ2v) is 11.4. The molecule has 3 unspecified atom stereocenters. The zero-order chi connectivity index (χ0) is 28.2. The molecule has 4 heterocycles. The van der Waals surface area contributed by atoms with Crippen molar-refractivity contribution in [2.45, 2.75) is 62.2 Å². The van der Waals surface area contributed by atoms with Gasteiger partial charge in [-0.1, -0.05) is 0 Å². The number of aromatic nitrogens is 4. The first-order valence-corrected chi connectivity index (χ1v) is 13.7. The Kier molecular flexibility index (Phi) is 8.12. The fourth-order valence-corrected chi connectivity index (χ4v) is 5.96. The lowest BCUT2D eigenvalue weighted by Crippen LogP contribution is -2.57. The van der Waals surface area contributed by atoms with Crippen LogP contribution in [0.3, 0.4) is 0 Å². The van der Waals surface area contributed by atoms with Crippen molar-refractivity contribution >= 4 is 32.8 Å². The van der Waals surface area contributed by atoms with Gasteiger partial charge in [0.1, 0.15) is 36.6 Å². The van der Waals surface area contributed by atoms with Crippen molar-refractivity contribution in [3.05, 3.63) is 16.7 Å². The molecule has 0 spiro atoms. The Labute approximate surface area is 211 Å². The quantitative estimate of drug-likeness (QED) is 0.134. The van der Waals surface area contributed by atoms with Gasteiger partial charge in [-0.3, -0.25) is 23.4 Å². The molecular formula is C16H25N5O15P2. The summed E-state index contributed by atoms with van der Waals surface area (Å²) in [5.74, 6) is -0.266. The van der Waals surface area contributed by atoms with Crippen molar-refractivity contribution in [3.63, 3.8) is 0 Å². The van der Waals surface area contributed by atoms with Crippen molar-refractivity contribution in [3.8, 4) is 0 Å². The zero-order valence-electron chi connectivity index (χ0n) is 19.2. The molecule has 0 radical (unpaired) electrons. The number of ether oxygens (including phenoxy) is 2. The van der Waals surface area contributed by atoms with Crippen molar-refractivity contribution in [2.75, 3.05) is 12.3 Å². The third-order valence-electron chi connectivity index (χ3n) is 5.72. The molecule has 0 amide bonds. The van der Waals surface area contributed by atoms with E-state index in [-0.39, 0.29) is 17.1 Å². The van der Waals surface area contributed by atoms with E-state index in [1.807, 2.05) is 0 Å². The number of nitrogens with two attached hydrogens (primary N) is 1. The third-order valence-corrected chi connectivity index (χ3v) is 8.32. The largest absolute Gasteiger partial charge is 0.483 e. The number of nitrogens with zero attached hydrogens (tertiary/aromatic N) is 3. The Morgan fingerprint density at radius 2 is 1.74 bits per heavy atom. The molecule has 11 atom stereocenters. The highest BCUT2D eigenvalue weighted by atomic mass is 31.3. The van der Waals surface area contributed by atoms with Crippen LogP contribution in [-0.4, -0.2) is 110 Å². The summed E-state index contributed by atoms with van der Waals surface area (Å²) in [5, 5.41) is 50.0. The van der Waals surface area contributed by atoms with Crippen molar-refractivity contribution in [1.82, 2.24) is 19.5 Å². The van der Waals surface area contributed by atoms with Gasteiger partial charge in [0.25, 0.3) is 5.56 Å². The van der Waals surface area contributed by atoms with Crippen LogP contribution in [0.5, 0.6) is 0 Å². The molecule has 0 aliphatic carbocycles. The number of aliphatic hydroxyl groups is 5. The van der Waals surface area contributed by atoms with Crippen LogP contribution < -0.4 is 11.3 Å². The summed E-state index contributed by atoms with van der Waals surface area (Å²) in [6.45, 7) is 0.291. The van der Waals surface area contributed by atoms with Crippen LogP contribution in [0.25, 0.3) is 11.2 Å². The summed E-state index contributed by atoms with van der Waals surface area (Å²) in [6.07, 6.45) is -13.8. The smallest absolute Gasteiger partial charge is 0.388 e. The topological polar surface area (TPSA) is 311 Å². The number of H-pyrrole nitrogens is 1. The first kappa shape index (κ1) is 29.1. The summed E-state index contributed by atoms with van der Waals surface area (Å²) in [5.41, 5.74) is 4.59. The van der Waals surface area contributed by atoms with Crippen molar-refractivity contribution in [2.24, 2.45) is 0 Å². The summed E-state index contributed by atoms with van der Waals surface area (Å²) < 4.78 is 49.3. The van der Waals surface area contributed by atoms with Gasteiger partial charge in [0.15, 0.2) is 23.7 Å². The van der Waals surface area contributed by atoms with Gasteiger partial charge in [-0.05, 0) is 6.92 Å². The minimum atomic E-state index is -5.50. The van der Waals surface area contributed by atoms with Gasteiger partial charge >= 0.3 is 15.6 Å². The van der Waals surface area contributed by atoms with E-state index in [1.165, 1.54) is 6.92 Å². The van der Waals surface area contributed by atoms with Crippen LogP contribution in [0, 0.1) is 0 Å². The Bertz CT molecular complexity index is 1320. The Morgan fingerprint density at radius 1 is 1.05 bits per heavy atom. The van der Waals surface area contributed by atoms with Gasteiger partial charge in [0.05, 0.1) is 19.0 Å². The molecule has 0 saturated carbocycles. The predicted octanol–water partition coefficient (Wildman–Crippen LogP) is -3.60. The maximum absolute atomic E-state index is 12.3. The van der Waals surface area contributed by atoms with Crippen LogP contribution in [0.1, 0.15) is 13.2 Å². The fourth-order valence-electron chi connectivity index (χ4n) is 3.80. The molecule has 22 heteroatoms. The lowest BCUT2D eigenvalue weighted by atomic mass is 10.0. The van der Waals surface area contributed by atoms with Gasteiger partial charge < -0.3 is 50.5 Å². The fraction of sp³-hybridized carbons (Fsp3) is 0.688. The normalized spacial score (nSPS) is 37.2. The highest BCUT2D eigenvalue weighted by Gasteiger charge is 2.49. The molecule has 2 aliphatic rings. The number of nitrogen functional groups attached to an aromatic ring is 1. The Hall–Kier alpha value is -1.87. The zero-order valence-corrected chi connectivity index (χ0v) is 21.0. The van der Waals surface area contributed by atoms with Gasteiger partial charge in [-0.2, -0.15) is 9.29 Å². The molecule has 214 valence electrons. The molecule has 2 fully saturated rings. The molecule has 0 aromatic carbocycles. The maximum atomic E-state index is 12.3. The molecule has 38 heavy (non-hydrogen) atoms. The average Bonchev–Trinajstić information content (AvgIpc) is 3.35. The number of nitrogens with one attached hydrogen (secondary N) is 1. The standard InChI is InChI=1S/C16H25N5O15P2/c1-4-7(22)9(24)11(26)15(33-4)35-38(30,31)36-37(28,29)32-2-5-8(23)10(25)14(34-5)21-3-18-6-12(21)19-16(17)20-13(6)27/h3-5,7-11,14-15,22-26H,2H2,1H3,(H,28,29)(H,30,31)(H3,17,19,20,27)/t4-,5+,7+,8-,9+,10?,11-,14+,15+/m0/s1.